The first-order chi connectivity index (χ1) is 14.6. The van der Waals surface area contributed by atoms with E-state index in [0.29, 0.717) is 5.91 Å². The summed E-state index contributed by atoms with van der Waals surface area (Å²) in [6, 6.07) is 10.5. The van der Waals surface area contributed by atoms with Crippen molar-refractivity contribution >= 4 is 11.7 Å². The number of nitrogens with zero attached hydrogens (tertiary/aromatic N) is 4. The number of anilines is 1. The normalized spacial score (nSPS) is 17.9. The molecule has 2 heterocycles. The van der Waals surface area contributed by atoms with Gasteiger partial charge < -0.3 is 9.80 Å². The number of benzene rings is 1. The van der Waals surface area contributed by atoms with Gasteiger partial charge in [0.15, 0.2) is 5.82 Å². The van der Waals surface area contributed by atoms with Crippen molar-refractivity contribution in [3.63, 3.8) is 0 Å². The van der Waals surface area contributed by atoms with Gasteiger partial charge in [-0.15, -0.1) is 10.2 Å². The molecule has 0 radical (unpaired) electrons. The number of piperazine rings is 1. The van der Waals surface area contributed by atoms with Gasteiger partial charge in [-0.05, 0) is 43.9 Å². The monoisotopic (exact) mass is 406 g/mol. The van der Waals surface area contributed by atoms with Crippen molar-refractivity contribution in [2.24, 2.45) is 5.92 Å². The molecule has 5 nitrogen and oxygen atoms in total. The number of aryl methyl sites for hydroxylation is 2. The Balaban J connectivity index is 1.29. The van der Waals surface area contributed by atoms with E-state index in [1.54, 1.807) is 0 Å². The highest BCUT2D eigenvalue weighted by Crippen LogP contribution is 2.28. The Bertz CT molecular complexity index is 850. The van der Waals surface area contributed by atoms with Crippen molar-refractivity contribution in [3.05, 3.63) is 41.5 Å². The maximum atomic E-state index is 12.6. The maximum Gasteiger partial charge on any atom is 0.222 e. The number of carbonyl (C=O) groups excluding carboxylic acids is 1. The summed E-state index contributed by atoms with van der Waals surface area (Å²) in [6.45, 7) is 7.43. The lowest BCUT2D eigenvalue weighted by molar-refractivity contribution is -0.131. The van der Waals surface area contributed by atoms with Crippen LogP contribution in [-0.4, -0.2) is 47.2 Å². The van der Waals surface area contributed by atoms with Crippen LogP contribution in [0.15, 0.2) is 30.3 Å². The van der Waals surface area contributed by atoms with Crippen LogP contribution < -0.4 is 4.90 Å². The van der Waals surface area contributed by atoms with E-state index in [2.05, 4.69) is 59.3 Å². The summed E-state index contributed by atoms with van der Waals surface area (Å²) < 4.78 is 0. The molecule has 0 atom stereocenters. The van der Waals surface area contributed by atoms with Crippen molar-refractivity contribution in [2.75, 3.05) is 31.1 Å². The molecule has 0 unspecified atom stereocenters. The van der Waals surface area contributed by atoms with E-state index in [1.807, 2.05) is 4.90 Å². The van der Waals surface area contributed by atoms with E-state index in [4.69, 9.17) is 0 Å². The Labute approximate surface area is 180 Å². The van der Waals surface area contributed by atoms with Crippen LogP contribution in [0, 0.1) is 19.8 Å². The van der Waals surface area contributed by atoms with E-state index >= 15 is 0 Å². The molecule has 1 amide bonds. The largest absolute Gasteiger partial charge is 0.352 e. The maximum absolute atomic E-state index is 12.6. The average Bonchev–Trinajstić information content (AvgIpc) is 2.78. The third kappa shape index (κ3) is 5.00. The minimum Gasteiger partial charge on any atom is -0.352 e. The van der Waals surface area contributed by atoms with E-state index < -0.39 is 0 Å². The van der Waals surface area contributed by atoms with Crippen molar-refractivity contribution in [1.82, 2.24) is 15.1 Å². The lowest BCUT2D eigenvalue weighted by atomic mass is 9.86. The molecule has 4 rings (SSSR count). The number of aromatic nitrogens is 2. The number of amides is 1. The smallest absolute Gasteiger partial charge is 0.222 e. The Morgan fingerprint density at radius 3 is 2.40 bits per heavy atom. The molecule has 0 N–H and O–H groups in total. The van der Waals surface area contributed by atoms with Gasteiger partial charge in [-0.25, -0.2) is 0 Å². The van der Waals surface area contributed by atoms with Crippen LogP contribution in [0.2, 0.25) is 0 Å². The quantitative estimate of drug-likeness (QED) is 0.718. The Kier molecular flexibility index (Phi) is 6.66. The minimum absolute atomic E-state index is 0.330. The summed E-state index contributed by atoms with van der Waals surface area (Å²) in [5.41, 5.74) is 4.52. The van der Waals surface area contributed by atoms with E-state index in [1.165, 1.54) is 43.2 Å². The van der Waals surface area contributed by atoms with Crippen molar-refractivity contribution in [1.29, 1.82) is 0 Å². The van der Waals surface area contributed by atoms with Gasteiger partial charge in [0.2, 0.25) is 5.91 Å². The summed E-state index contributed by atoms with van der Waals surface area (Å²) in [7, 11) is 0. The van der Waals surface area contributed by atoms with Gasteiger partial charge >= 0.3 is 0 Å². The molecule has 1 aromatic heterocycles. The molecule has 2 aromatic rings. The van der Waals surface area contributed by atoms with Gasteiger partial charge in [-0.1, -0.05) is 55.9 Å². The third-order valence-electron chi connectivity index (χ3n) is 6.76. The number of hydrogen-bond acceptors (Lipinski definition) is 4. The Hall–Kier alpha value is -2.43. The molecule has 1 aromatic carbocycles. The molecule has 1 aliphatic heterocycles. The fourth-order valence-electron chi connectivity index (χ4n) is 4.88. The van der Waals surface area contributed by atoms with Crippen LogP contribution in [0.3, 0.4) is 0 Å². The second kappa shape index (κ2) is 9.59. The zero-order valence-corrected chi connectivity index (χ0v) is 18.4. The molecular formula is C25H34N4O. The van der Waals surface area contributed by atoms with E-state index in [0.717, 1.165) is 62.0 Å². The highest BCUT2D eigenvalue weighted by atomic mass is 16.2. The SMILES string of the molecule is Cc1ccc(-c2ccc(N3CCN(C(=O)CCC4CCCCC4)CC3)nn2)c(C)c1. The molecule has 1 aliphatic carbocycles. The zero-order valence-electron chi connectivity index (χ0n) is 18.4. The first-order valence-corrected chi connectivity index (χ1v) is 11.5. The van der Waals surface area contributed by atoms with Crippen LogP contribution in [0.5, 0.6) is 0 Å². The summed E-state index contributed by atoms with van der Waals surface area (Å²) >= 11 is 0. The molecule has 0 spiro atoms. The number of rotatable bonds is 5. The van der Waals surface area contributed by atoms with Crippen molar-refractivity contribution in [3.8, 4) is 11.3 Å². The van der Waals surface area contributed by atoms with Crippen molar-refractivity contribution < 1.29 is 4.79 Å². The first-order valence-electron chi connectivity index (χ1n) is 11.5. The van der Waals surface area contributed by atoms with E-state index in [-0.39, 0.29) is 0 Å². The summed E-state index contributed by atoms with van der Waals surface area (Å²) in [5.74, 6) is 2.00. The molecule has 30 heavy (non-hydrogen) atoms. The molecule has 5 heteroatoms. The average molecular weight is 407 g/mol. The van der Waals surface area contributed by atoms with Crippen LogP contribution in [0.4, 0.5) is 5.82 Å². The van der Waals surface area contributed by atoms with Crippen LogP contribution in [0.25, 0.3) is 11.3 Å². The molecule has 160 valence electrons. The third-order valence-corrected chi connectivity index (χ3v) is 6.76. The van der Waals surface area contributed by atoms with Gasteiger partial charge in [0.25, 0.3) is 0 Å². The molecule has 1 saturated carbocycles. The fraction of sp³-hybridized carbons (Fsp3) is 0.560. The van der Waals surface area contributed by atoms with Gasteiger partial charge in [0.05, 0.1) is 5.69 Å². The summed E-state index contributed by atoms with van der Waals surface area (Å²) in [4.78, 5) is 16.9. The molecule has 0 bridgehead atoms. The van der Waals surface area contributed by atoms with Gasteiger partial charge in [-0.3, -0.25) is 4.79 Å². The lowest BCUT2D eigenvalue weighted by Gasteiger charge is -2.35. The molecule has 1 saturated heterocycles. The van der Waals surface area contributed by atoms with Crippen molar-refractivity contribution in [2.45, 2.75) is 58.8 Å². The van der Waals surface area contributed by atoms with E-state index in [9.17, 15) is 4.79 Å². The lowest BCUT2D eigenvalue weighted by Crippen LogP contribution is -2.49. The van der Waals surface area contributed by atoms with Crippen LogP contribution >= 0.6 is 0 Å². The summed E-state index contributed by atoms with van der Waals surface area (Å²) in [5, 5.41) is 8.96. The predicted molar refractivity (Wildman–Crippen MR) is 122 cm³/mol. The second-order valence-corrected chi connectivity index (χ2v) is 9.01. The minimum atomic E-state index is 0.330. The molecule has 2 aliphatic rings. The van der Waals surface area contributed by atoms with Gasteiger partial charge in [0, 0.05) is 38.2 Å². The summed E-state index contributed by atoms with van der Waals surface area (Å²) in [6.07, 6.45) is 8.50. The van der Waals surface area contributed by atoms with Crippen LogP contribution in [0.1, 0.15) is 56.1 Å². The highest BCUT2D eigenvalue weighted by molar-refractivity contribution is 5.76. The standard InChI is InChI=1S/C25H34N4O/c1-19-8-10-22(20(2)18-19)23-11-12-24(27-26-23)28-14-16-29(17-15-28)25(30)13-9-21-6-4-3-5-7-21/h8,10-12,18,21H,3-7,9,13-17H2,1-2H3. The number of carbonyl (C=O) groups is 1. The fourth-order valence-corrected chi connectivity index (χ4v) is 4.88. The first kappa shape index (κ1) is 20.8. The second-order valence-electron chi connectivity index (χ2n) is 9.01. The molecular weight excluding hydrogens is 372 g/mol. The predicted octanol–water partition coefficient (Wildman–Crippen LogP) is 4.77. The molecule has 2 fully saturated rings. The number of hydrogen-bond donors (Lipinski definition) is 0. The topological polar surface area (TPSA) is 49.3 Å². The van der Waals surface area contributed by atoms with Crippen LogP contribution in [-0.2, 0) is 4.79 Å². The Morgan fingerprint density at radius 2 is 1.73 bits per heavy atom. The van der Waals surface area contributed by atoms with Gasteiger partial charge in [0.1, 0.15) is 0 Å². The highest BCUT2D eigenvalue weighted by Gasteiger charge is 2.23. The Morgan fingerprint density at radius 1 is 0.967 bits per heavy atom. The zero-order chi connectivity index (χ0) is 20.9. The van der Waals surface area contributed by atoms with Gasteiger partial charge in [-0.2, -0.15) is 0 Å².